The second kappa shape index (κ2) is 13.0. The molecule has 0 aliphatic heterocycles. The van der Waals surface area contributed by atoms with Crippen LogP contribution in [0.15, 0.2) is 91.0 Å². The molecule has 0 radical (unpaired) electrons. The maximum atomic E-state index is 11.9. The van der Waals surface area contributed by atoms with E-state index >= 15 is 0 Å². The second-order valence-corrected chi connectivity index (χ2v) is 9.77. The Morgan fingerprint density at radius 3 is 2.44 bits per heavy atom. The molecule has 0 fully saturated rings. The molecule has 3 N–H and O–H groups in total. The number of nitrogens with one attached hydrogen (secondary N) is 1. The molecule has 0 heterocycles. The Kier molecular flexibility index (Phi) is 9.49. The molecule has 39 heavy (non-hydrogen) atoms. The molecule has 8 heteroatoms. The fourth-order valence-electron chi connectivity index (χ4n) is 4.66. The minimum Gasteiger partial charge on any atom is -0.478 e. The van der Waals surface area contributed by atoms with Crippen molar-refractivity contribution in [1.29, 1.82) is 0 Å². The van der Waals surface area contributed by atoms with E-state index in [0.717, 1.165) is 24.8 Å². The van der Waals surface area contributed by atoms with Crippen LogP contribution in [0.4, 0.5) is 0 Å². The molecule has 0 amide bonds. The maximum absolute atomic E-state index is 11.9. The highest BCUT2D eigenvalue weighted by Gasteiger charge is 2.21. The van der Waals surface area contributed by atoms with Gasteiger partial charge in [0.1, 0.15) is 28.6 Å². The van der Waals surface area contributed by atoms with Crippen molar-refractivity contribution >= 4 is 30.0 Å². The van der Waals surface area contributed by atoms with Crippen LogP contribution < -0.4 is 14.8 Å². The van der Waals surface area contributed by atoms with Gasteiger partial charge in [-0.25, -0.2) is 4.79 Å². The number of aliphatic hydroxyl groups excluding tert-OH is 1. The molecular weight excluding hydrogens is 537 g/mol. The Labute approximate surface area is 238 Å². The SMILES string of the molecule is Cl.O=C(O)c1cc(Oc2ccc3c(c2)C[C@@H](NC[C@H](O)c2cccc(Cl)c2)CC3)ccc1Oc1ccccc1. The van der Waals surface area contributed by atoms with E-state index in [1.807, 2.05) is 42.5 Å². The van der Waals surface area contributed by atoms with Crippen LogP contribution in [-0.4, -0.2) is 28.8 Å². The number of aliphatic hydroxyl groups is 1. The molecule has 2 atom stereocenters. The lowest BCUT2D eigenvalue weighted by molar-refractivity contribution is 0.0693. The summed E-state index contributed by atoms with van der Waals surface area (Å²) >= 11 is 6.05. The van der Waals surface area contributed by atoms with Crippen LogP contribution in [0.25, 0.3) is 0 Å². The zero-order valence-corrected chi connectivity index (χ0v) is 22.6. The first kappa shape index (κ1) is 28.5. The monoisotopic (exact) mass is 565 g/mol. The van der Waals surface area contributed by atoms with Crippen LogP contribution in [0, 0.1) is 0 Å². The van der Waals surface area contributed by atoms with Gasteiger partial charge in [0, 0.05) is 17.6 Å². The van der Waals surface area contributed by atoms with Crippen LogP contribution in [0.2, 0.25) is 5.02 Å². The van der Waals surface area contributed by atoms with E-state index in [4.69, 9.17) is 21.1 Å². The third-order valence-corrected chi connectivity index (χ3v) is 6.86. The van der Waals surface area contributed by atoms with Gasteiger partial charge in [0.2, 0.25) is 0 Å². The van der Waals surface area contributed by atoms with Crippen molar-refractivity contribution in [2.45, 2.75) is 31.4 Å². The summed E-state index contributed by atoms with van der Waals surface area (Å²) in [5.41, 5.74) is 3.25. The number of aryl methyl sites for hydroxylation is 1. The predicted octanol–water partition coefficient (Wildman–Crippen LogP) is 7.23. The van der Waals surface area contributed by atoms with Crippen LogP contribution in [-0.2, 0) is 12.8 Å². The average Bonchev–Trinajstić information content (AvgIpc) is 2.93. The van der Waals surface area contributed by atoms with Crippen LogP contribution in [0.3, 0.4) is 0 Å². The summed E-state index contributed by atoms with van der Waals surface area (Å²) in [6.07, 6.45) is 2.07. The first-order chi connectivity index (χ1) is 18.4. The van der Waals surface area contributed by atoms with E-state index in [-0.39, 0.29) is 29.8 Å². The molecule has 0 saturated carbocycles. The van der Waals surface area contributed by atoms with Gasteiger partial charge in [-0.1, -0.05) is 48.0 Å². The average molecular weight is 566 g/mol. The number of fused-ring (bicyclic) bond motifs is 1. The number of carboxylic acid groups (broad SMARTS) is 1. The van der Waals surface area contributed by atoms with Crippen molar-refractivity contribution < 1.29 is 24.5 Å². The number of rotatable bonds is 9. The molecule has 0 aromatic heterocycles. The van der Waals surface area contributed by atoms with Gasteiger partial charge < -0.3 is 25.0 Å². The summed E-state index contributed by atoms with van der Waals surface area (Å²) < 4.78 is 11.8. The van der Waals surface area contributed by atoms with Gasteiger partial charge in [-0.05, 0) is 90.6 Å². The zero-order chi connectivity index (χ0) is 26.5. The van der Waals surface area contributed by atoms with Crippen molar-refractivity contribution in [3.63, 3.8) is 0 Å². The van der Waals surface area contributed by atoms with Crippen molar-refractivity contribution in [3.8, 4) is 23.0 Å². The number of para-hydroxylation sites is 1. The Balaban J connectivity index is 0.00000353. The van der Waals surface area contributed by atoms with E-state index < -0.39 is 12.1 Å². The molecule has 0 unspecified atom stereocenters. The fraction of sp³-hybridized carbons (Fsp3) is 0.194. The smallest absolute Gasteiger partial charge is 0.339 e. The quantitative estimate of drug-likeness (QED) is 0.198. The first-order valence-electron chi connectivity index (χ1n) is 12.5. The third kappa shape index (κ3) is 7.31. The highest BCUT2D eigenvalue weighted by molar-refractivity contribution is 6.30. The number of hydrogen-bond donors (Lipinski definition) is 3. The van der Waals surface area contributed by atoms with Gasteiger partial charge in [0.15, 0.2) is 0 Å². The largest absolute Gasteiger partial charge is 0.478 e. The maximum Gasteiger partial charge on any atom is 0.339 e. The standard InChI is InChI=1S/C31H28ClNO5.ClH/c32-23-6-4-5-21(15-23)29(34)19-33-24-11-9-20-10-12-26(17-22(20)16-24)37-27-13-14-30(28(18-27)31(35)36)38-25-7-2-1-3-8-25;/h1-8,10,12-15,17-18,24,29,33-34H,9,11,16,19H2,(H,35,36);1H/t24-,29-;/m0./s1. The van der Waals surface area contributed by atoms with Crippen molar-refractivity contribution in [2.24, 2.45) is 0 Å². The lowest BCUT2D eigenvalue weighted by atomic mass is 9.88. The van der Waals surface area contributed by atoms with Gasteiger partial charge in [0.05, 0.1) is 6.10 Å². The number of aromatic carboxylic acids is 1. The van der Waals surface area contributed by atoms with Gasteiger partial charge in [0.25, 0.3) is 0 Å². The number of halogens is 2. The summed E-state index contributed by atoms with van der Waals surface area (Å²) in [7, 11) is 0. The van der Waals surface area contributed by atoms with Gasteiger partial charge >= 0.3 is 5.97 Å². The number of hydrogen-bond acceptors (Lipinski definition) is 5. The van der Waals surface area contributed by atoms with Gasteiger partial charge in [-0.3, -0.25) is 0 Å². The molecule has 1 aliphatic carbocycles. The highest BCUT2D eigenvalue weighted by Crippen LogP contribution is 2.33. The van der Waals surface area contributed by atoms with Gasteiger partial charge in [-0.15, -0.1) is 12.4 Å². The molecule has 5 rings (SSSR count). The molecule has 0 spiro atoms. The molecular formula is C31H29Cl2NO5. The molecule has 0 saturated heterocycles. The molecule has 6 nitrogen and oxygen atoms in total. The molecule has 4 aromatic rings. The lowest BCUT2D eigenvalue weighted by Gasteiger charge is -2.27. The Hall–Kier alpha value is -3.55. The normalized spacial score (nSPS) is 15.0. The van der Waals surface area contributed by atoms with Crippen LogP contribution in [0.1, 0.15) is 39.6 Å². The van der Waals surface area contributed by atoms with Crippen LogP contribution >= 0.6 is 24.0 Å². The number of benzene rings is 4. The zero-order valence-electron chi connectivity index (χ0n) is 21.0. The van der Waals surface area contributed by atoms with Crippen molar-refractivity contribution in [2.75, 3.05) is 6.54 Å². The number of carbonyl (C=O) groups is 1. The minimum atomic E-state index is -1.10. The number of carboxylic acids is 1. The van der Waals surface area contributed by atoms with E-state index in [0.29, 0.717) is 28.8 Å². The molecule has 202 valence electrons. The predicted molar refractivity (Wildman–Crippen MR) is 154 cm³/mol. The summed E-state index contributed by atoms with van der Waals surface area (Å²) in [6, 6.07) is 27.3. The molecule has 1 aliphatic rings. The van der Waals surface area contributed by atoms with E-state index in [1.54, 1.807) is 36.4 Å². The number of ether oxygens (including phenoxy) is 2. The van der Waals surface area contributed by atoms with Crippen LogP contribution in [0.5, 0.6) is 23.0 Å². The third-order valence-electron chi connectivity index (χ3n) is 6.63. The van der Waals surface area contributed by atoms with Gasteiger partial charge in [-0.2, -0.15) is 0 Å². The minimum absolute atomic E-state index is 0. The topological polar surface area (TPSA) is 88.0 Å². The van der Waals surface area contributed by atoms with E-state index in [1.165, 1.54) is 17.2 Å². The van der Waals surface area contributed by atoms with Crippen molar-refractivity contribution in [1.82, 2.24) is 5.32 Å². The summed E-state index contributed by atoms with van der Waals surface area (Å²) in [4.78, 5) is 11.9. The summed E-state index contributed by atoms with van der Waals surface area (Å²) in [5, 5.41) is 24.4. The van der Waals surface area contributed by atoms with E-state index in [9.17, 15) is 15.0 Å². The van der Waals surface area contributed by atoms with Crippen molar-refractivity contribution in [3.05, 3.63) is 118 Å². The molecule has 0 bridgehead atoms. The second-order valence-electron chi connectivity index (χ2n) is 9.33. The Morgan fingerprint density at radius 1 is 0.897 bits per heavy atom. The summed E-state index contributed by atoms with van der Waals surface area (Å²) in [5.74, 6) is 0.756. The Bertz CT molecular complexity index is 1430. The first-order valence-corrected chi connectivity index (χ1v) is 12.9. The summed E-state index contributed by atoms with van der Waals surface area (Å²) in [6.45, 7) is 0.436. The Morgan fingerprint density at radius 2 is 1.67 bits per heavy atom. The molecule has 4 aromatic carbocycles. The fourth-order valence-corrected chi connectivity index (χ4v) is 4.86. The lowest BCUT2D eigenvalue weighted by Crippen LogP contribution is -2.37. The highest BCUT2D eigenvalue weighted by atomic mass is 35.5. The van der Waals surface area contributed by atoms with E-state index in [2.05, 4.69) is 11.4 Å².